The van der Waals surface area contributed by atoms with Gasteiger partial charge in [-0.25, -0.2) is 4.79 Å². The zero-order valence-electron chi connectivity index (χ0n) is 17.1. The molecule has 0 amide bonds. The van der Waals surface area contributed by atoms with Gasteiger partial charge in [-0.1, -0.05) is 32.5 Å². The second-order valence-corrected chi connectivity index (χ2v) is 12.3. The lowest BCUT2D eigenvalue weighted by Gasteiger charge is -2.19. The summed E-state index contributed by atoms with van der Waals surface area (Å²) in [7, 11) is -3.45. The van der Waals surface area contributed by atoms with E-state index in [9.17, 15) is 29.2 Å². The van der Waals surface area contributed by atoms with Crippen molar-refractivity contribution in [3.05, 3.63) is 33.1 Å². The number of aromatic amines is 1. The molecule has 0 radical (unpaired) electrons. The first-order chi connectivity index (χ1) is 13.8. The smallest absolute Gasteiger partial charge is 0.329 e. The number of rotatable bonds is 8. The normalized spacial score (nSPS) is 26.5. The number of aromatic nitrogens is 2. The number of aliphatic hydroxyl groups is 2. The maximum atomic E-state index is 12.5. The fourth-order valence-electron chi connectivity index (χ4n) is 2.52. The SMILES string of the molecule is CC(C)(C)C(=O)SCCOP(C)(=O)OC[C@H]1S[C@@H](n2ccc(=O)[nH]c2=O)[C@H](O)[C@@H]1O. The minimum absolute atomic E-state index is 0.000889. The molecule has 1 fully saturated rings. The van der Waals surface area contributed by atoms with Gasteiger partial charge in [-0.05, 0) is 0 Å². The van der Waals surface area contributed by atoms with Crippen molar-refractivity contribution in [3.8, 4) is 0 Å². The van der Waals surface area contributed by atoms with Crippen LogP contribution in [0.3, 0.4) is 0 Å². The zero-order chi connectivity index (χ0) is 22.7. The van der Waals surface area contributed by atoms with Crippen LogP contribution in [0.15, 0.2) is 21.9 Å². The second kappa shape index (κ2) is 10.2. The Morgan fingerprint density at radius 2 is 1.97 bits per heavy atom. The van der Waals surface area contributed by atoms with Gasteiger partial charge >= 0.3 is 13.3 Å². The van der Waals surface area contributed by atoms with Gasteiger partial charge in [0.05, 0.1) is 24.6 Å². The Kier molecular flexibility index (Phi) is 8.60. The third-order valence-corrected chi connectivity index (χ3v) is 8.25. The van der Waals surface area contributed by atoms with Crippen LogP contribution in [-0.4, -0.2) is 68.0 Å². The first-order valence-electron chi connectivity index (χ1n) is 9.19. The molecular formula is C17H27N2O8PS2. The van der Waals surface area contributed by atoms with Gasteiger partial charge < -0.3 is 19.3 Å². The topological polar surface area (TPSA) is 148 Å². The molecule has 30 heavy (non-hydrogen) atoms. The summed E-state index contributed by atoms with van der Waals surface area (Å²) in [5.41, 5.74) is -1.75. The highest BCUT2D eigenvalue weighted by Crippen LogP contribution is 2.47. The average molecular weight is 483 g/mol. The standard InChI is InChI=1S/C17H27N2O8PS2/c1-17(2,3)15(23)29-8-7-26-28(4,25)27-9-10-12(21)13(22)14(30-10)19-6-5-11(20)18-16(19)24/h5-6,10,12-14,21-22H,7-9H2,1-4H3,(H,18,20,24)/t10-,12-,13-,14-,28?/m1/s1. The van der Waals surface area contributed by atoms with E-state index in [0.717, 1.165) is 34.2 Å². The number of thioether (sulfide) groups is 2. The zero-order valence-corrected chi connectivity index (χ0v) is 19.7. The Hall–Kier alpha value is -0.880. The van der Waals surface area contributed by atoms with Crippen molar-refractivity contribution >= 4 is 36.2 Å². The third kappa shape index (κ3) is 6.81. The summed E-state index contributed by atoms with van der Waals surface area (Å²) in [6.07, 6.45) is -1.29. The van der Waals surface area contributed by atoms with Gasteiger partial charge in [-0.15, -0.1) is 11.8 Å². The first kappa shape index (κ1) is 25.4. The minimum Gasteiger partial charge on any atom is -0.389 e. The summed E-state index contributed by atoms with van der Waals surface area (Å²) < 4.78 is 24.2. The summed E-state index contributed by atoms with van der Waals surface area (Å²) in [5, 5.41) is 19.0. The Morgan fingerprint density at radius 3 is 2.57 bits per heavy atom. The molecule has 1 aliphatic heterocycles. The van der Waals surface area contributed by atoms with Crippen molar-refractivity contribution in [3.63, 3.8) is 0 Å². The van der Waals surface area contributed by atoms with Crippen LogP contribution < -0.4 is 11.2 Å². The molecule has 0 aliphatic carbocycles. The fourth-order valence-corrected chi connectivity index (χ4v) is 5.91. The largest absolute Gasteiger partial charge is 0.389 e. The number of H-pyrrole nitrogens is 1. The number of carbonyl (C=O) groups is 1. The number of hydrogen-bond acceptors (Lipinski definition) is 10. The van der Waals surface area contributed by atoms with E-state index in [0.29, 0.717) is 5.75 Å². The molecule has 2 rings (SSSR count). The molecule has 1 aliphatic rings. The molecule has 0 bridgehead atoms. The Balaban J connectivity index is 1.87. The van der Waals surface area contributed by atoms with Gasteiger partial charge in [-0.2, -0.15) is 0 Å². The van der Waals surface area contributed by atoms with Crippen molar-refractivity contribution in [2.75, 3.05) is 25.6 Å². The summed E-state index contributed by atoms with van der Waals surface area (Å²) in [5.74, 6) is 0.327. The van der Waals surface area contributed by atoms with Crippen LogP contribution in [0.25, 0.3) is 0 Å². The predicted octanol–water partition coefficient (Wildman–Crippen LogP) is 1.03. The Bertz CT molecular complexity index is 912. The molecule has 10 nitrogen and oxygen atoms in total. The Morgan fingerprint density at radius 1 is 1.30 bits per heavy atom. The third-order valence-electron chi connectivity index (χ3n) is 4.19. The van der Waals surface area contributed by atoms with Crippen LogP contribution in [-0.2, 0) is 18.4 Å². The van der Waals surface area contributed by atoms with Gasteiger partial charge in [0.25, 0.3) is 5.56 Å². The van der Waals surface area contributed by atoms with Gasteiger partial charge in [0.1, 0.15) is 11.5 Å². The van der Waals surface area contributed by atoms with Gasteiger partial charge in [-0.3, -0.25) is 23.7 Å². The number of hydrogen-bond donors (Lipinski definition) is 3. The molecule has 170 valence electrons. The molecule has 2 heterocycles. The highest BCUT2D eigenvalue weighted by Gasteiger charge is 2.44. The average Bonchev–Trinajstić information content (AvgIpc) is 2.91. The predicted molar refractivity (Wildman–Crippen MR) is 116 cm³/mol. The Labute approximate surface area is 182 Å². The highest BCUT2D eigenvalue weighted by molar-refractivity contribution is 8.13. The number of carbonyl (C=O) groups excluding carboxylic acids is 1. The van der Waals surface area contributed by atoms with Crippen LogP contribution in [0.5, 0.6) is 0 Å². The molecular weight excluding hydrogens is 455 g/mol. The molecule has 5 atom stereocenters. The van der Waals surface area contributed by atoms with E-state index in [1.165, 1.54) is 12.9 Å². The van der Waals surface area contributed by atoms with Crippen molar-refractivity contribution in [2.24, 2.45) is 5.41 Å². The van der Waals surface area contributed by atoms with Crippen LogP contribution in [0, 0.1) is 5.41 Å². The number of nitrogens with zero attached hydrogens (tertiary/aromatic N) is 1. The molecule has 1 saturated heterocycles. The highest BCUT2D eigenvalue weighted by atomic mass is 32.2. The van der Waals surface area contributed by atoms with Crippen LogP contribution >= 0.6 is 31.1 Å². The van der Waals surface area contributed by atoms with E-state index in [4.69, 9.17) is 9.05 Å². The summed E-state index contributed by atoms with van der Waals surface area (Å²) in [4.78, 5) is 37.1. The van der Waals surface area contributed by atoms with Crippen molar-refractivity contribution in [2.45, 2.75) is 43.6 Å². The van der Waals surface area contributed by atoms with E-state index < -0.39 is 47.1 Å². The maximum absolute atomic E-state index is 12.5. The molecule has 0 aromatic carbocycles. The monoisotopic (exact) mass is 482 g/mol. The fraction of sp³-hybridized carbons (Fsp3) is 0.706. The van der Waals surface area contributed by atoms with E-state index >= 15 is 0 Å². The summed E-state index contributed by atoms with van der Waals surface area (Å²) in [6, 6.07) is 1.14. The number of nitrogens with one attached hydrogen (secondary N) is 1. The lowest BCUT2D eigenvalue weighted by atomic mass is 10.00. The van der Waals surface area contributed by atoms with Crippen LogP contribution in [0.4, 0.5) is 0 Å². The van der Waals surface area contributed by atoms with E-state index in [2.05, 4.69) is 4.98 Å². The lowest BCUT2D eigenvalue weighted by molar-refractivity contribution is -0.117. The van der Waals surface area contributed by atoms with Crippen molar-refractivity contribution in [1.29, 1.82) is 0 Å². The first-order valence-corrected chi connectivity index (χ1v) is 13.1. The molecule has 0 saturated carbocycles. The molecule has 1 aromatic heterocycles. The second-order valence-electron chi connectivity index (χ2n) is 7.85. The minimum atomic E-state index is -3.45. The molecule has 1 unspecified atom stereocenters. The van der Waals surface area contributed by atoms with E-state index in [1.807, 2.05) is 20.8 Å². The quantitative estimate of drug-likeness (QED) is 0.362. The van der Waals surface area contributed by atoms with Crippen molar-refractivity contribution < 1.29 is 28.6 Å². The van der Waals surface area contributed by atoms with Gasteiger partial charge in [0, 0.05) is 30.1 Å². The number of aliphatic hydroxyl groups excluding tert-OH is 2. The van der Waals surface area contributed by atoms with Gasteiger partial charge in [0.2, 0.25) is 0 Å². The van der Waals surface area contributed by atoms with E-state index in [1.54, 1.807) is 0 Å². The summed E-state index contributed by atoms with van der Waals surface area (Å²) in [6.45, 7) is 6.59. The molecule has 0 spiro atoms. The molecule has 3 N–H and O–H groups in total. The van der Waals surface area contributed by atoms with E-state index in [-0.39, 0.29) is 18.3 Å². The lowest BCUT2D eigenvalue weighted by Crippen LogP contribution is -2.37. The van der Waals surface area contributed by atoms with Crippen molar-refractivity contribution in [1.82, 2.24) is 9.55 Å². The van der Waals surface area contributed by atoms with Gasteiger partial charge in [0.15, 0.2) is 5.12 Å². The van der Waals surface area contributed by atoms with Crippen LogP contribution in [0.2, 0.25) is 0 Å². The molecule has 1 aromatic rings. The maximum Gasteiger partial charge on any atom is 0.329 e. The molecule has 13 heteroatoms. The van der Waals surface area contributed by atoms with Crippen LogP contribution in [0.1, 0.15) is 26.1 Å². The summed E-state index contributed by atoms with van der Waals surface area (Å²) >= 11 is 2.16.